The van der Waals surface area contributed by atoms with E-state index >= 15 is 4.39 Å². The molecule has 1 aliphatic carbocycles. The van der Waals surface area contributed by atoms with Crippen LogP contribution >= 0.6 is 25.4 Å². The molecule has 0 radical (unpaired) electrons. The summed E-state index contributed by atoms with van der Waals surface area (Å²) in [5, 5.41) is 2.90. The molecule has 7 atom stereocenters. The Labute approximate surface area is 189 Å². The molecule has 1 saturated carbocycles. The maximum absolute atomic E-state index is 15.3. The highest BCUT2D eigenvalue weighted by molar-refractivity contribution is 7.81. The van der Waals surface area contributed by atoms with Crippen molar-refractivity contribution >= 4 is 36.0 Å². The van der Waals surface area contributed by atoms with Crippen LogP contribution in [0.25, 0.3) is 0 Å². The molecular weight excluding hydrogens is 438 g/mol. The monoisotopic (exact) mass is 465 g/mol. The van der Waals surface area contributed by atoms with Gasteiger partial charge in [0.05, 0.1) is 0 Å². The first-order chi connectivity index (χ1) is 15.2. The molecule has 5 unspecified atom stereocenters. The summed E-state index contributed by atoms with van der Waals surface area (Å²) in [7, 11) is 1.91. The van der Waals surface area contributed by atoms with E-state index in [2.05, 4.69) is 68.3 Å². The molecule has 2 fully saturated rings. The number of halogens is 1. The van der Waals surface area contributed by atoms with Crippen LogP contribution in [-0.2, 0) is 0 Å². The van der Waals surface area contributed by atoms with E-state index in [0.29, 0.717) is 23.0 Å². The van der Waals surface area contributed by atoms with Crippen LogP contribution in [0.2, 0.25) is 0 Å². The maximum Gasteiger partial charge on any atom is 0.132 e. The van der Waals surface area contributed by atoms with E-state index in [1.807, 2.05) is 18.2 Å². The number of nitrogens with zero attached hydrogens (tertiary/aromatic N) is 1. The van der Waals surface area contributed by atoms with Crippen molar-refractivity contribution in [1.82, 2.24) is 4.44 Å². The van der Waals surface area contributed by atoms with E-state index in [0.717, 1.165) is 5.30 Å². The number of fused-ring (bicyclic) bond motifs is 3. The lowest BCUT2D eigenvalue weighted by Gasteiger charge is -2.56. The molecule has 3 aliphatic rings. The van der Waals surface area contributed by atoms with Gasteiger partial charge < -0.3 is 0 Å². The summed E-state index contributed by atoms with van der Waals surface area (Å²) >= 11 is 0. The first-order valence-electron chi connectivity index (χ1n) is 11.3. The summed E-state index contributed by atoms with van der Waals surface area (Å²) < 4.78 is 18.2. The van der Waals surface area contributed by atoms with E-state index in [9.17, 15) is 0 Å². The zero-order valence-corrected chi connectivity index (χ0v) is 20.4. The first kappa shape index (κ1) is 20.4. The predicted molar refractivity (Wildman–Crippen MR) is 135 cm³/mol. The largest absolute Gasteiger partial charge is 0.248 e. The lowest BCUT2D eigenvalue weighted by atomic mass is 9.75. The molecule has 5 heteroatoms. The Bertz CT molecular complexity index is 1090. The van der Waals surface area contributed by atoms with Crippen molar-refractivity contribution in [1.29, 1.82) is 0 Å². The molecule has 0 bridgehead atoms. The normalized spacial score (nSPS) is 32.2. The molecule has 2 aliphatic heterocycles. The summed E-state index contributed by atoms with van der Waals surface area (Å²) in [6, 6.07) is 28.1. The van der Waals surface area contributed by atoms with Gasteiger partial charge in [-0.2, -0.15) is 0 Å². The van der Waals surface area contributed by atoms with E-state index in [1.165, 1.54) is 42.1 Å². The van der Waals surface area contributed by atoms with Crippen LogP contribution in [0.3, 0.4) is 0 Å². The summed E-state index contributed by atoms with van der Waals surface area (Å²) in [5.41, 5.74) is 3.52. The number of hydrogen-bond donors (Lipinski definition) is 0. The SMILES string of the molecule is Fc1ccccc1P1c2ccccc2C2CCC2N1P1[C@@H](c2ccccc2)CC[C@@H]1P. The van der Waals surface area contributed by atoms with Crippen molar-refractivity contribution in [3.05, 3.63) is 95.8 Å². The molecule has 158 valence electrons. The van der Waals surface area contributed by atoms with Crippen molar-refractivity contribution < 1.29 is 4.39 Å². The fraction of sp³-hybridized carbons (Fsp3) is 0.308. The van der Waals surface area contributed by atoms with Crippen LogP contribution < -0.4 is 10.6 Å². The second-order valence-corrected chi connectivity index (χ2v) is 15.0. The standard InChI is InChI=1S/C26H27FNP3/c27-21-11-5-7-13-25(21)30-24-12-6-4-10-20(24)19-14-15-22(19)28(30)31-23(16-17-26(31)29)18-8-2-1-3-9-18/h1-13,19,22-23,26H,14-17,29H2/t19?,22?,23-,26-,30?,31?/m1/s1. The van der Waals surface area contributed by atoms with Crippen LogP contribution in [0.5, 0.6) is 0 Å². The Balaban J connectivity index is 1.53. The number of benzene rings is 3. The number of hydrogen-bond acceptors (Lipinski definition) is 1. The minimum atomic E-state index is -0.863. The quantitative estimate of drug-likeness (QED) is 0.382. The molecule has 6 rings (SSSR count). The smallest absolute Gasteiger partial charge is 0.132 e. The van der Waals surface area contributed by atoms with Crippen LogP contribution in [0.15, 0.2) is 78.9 Å². The fourth-order valence-corrected chi connectivity index (χ4v) is 14.9. The zero-order valence-electron chi connectivity index (χ0n) is 17.4. The van der Waals surface area contributed by atoms with Gasteiger partial charge in [-0.15, -0.1) is 9.24 Å². The predicted octanol–water partition coefficient (Wildman–Crippen LogP) is 6.87. The average Bonchev–Trinajstić information content (AvgIpc) is 3.16. The van der Waals surface area contributed by atoms with Crippen molar-refractivity contribution in [3.63, 3.8) is 0 Å². The summed E-state index contributed by atoms with van der Waals surface area (Å²) in [6.45, 7) is 0. The topological polar surface area (TPSA) is 3.24 Å². The van der Waals surface area contributed by atoms with Gasteiger partial charge in [0, 0.05) is 36.4 Å². The minimum Gasteiger partial charge on any atom is -0.248 e. The lowest BCUT2D eigenvalue weighted by molar-refractivity contribution is 0.256. The Morgan fingerprint density at radius 2 is 1.48 bits per heavy atom. The fourth-order valence-electron chi connectivity index (χ4n) is 5.63. The third-order valence-electron chi connectivity index (χ3n) is 7.20. The van der Waals surface area contributed by atoms with Gasteiger partial charge in [-0.05, 0) is 62.3 Å². The summed E-state index contributed by atoms with van der Waals surface area (Å²) in [5.74, 6) is 0.565. The van der Waals surface area contributed by atoms with Gasteiger partial charge in [-0.25, -0.2) is 8.83 Å². The van der Waals surface area contributed by atoms with Crippen molar-refractivity contribution in [2.24, 2.45) is 0 Å². The summed E-state index contributed by atoms with van der Waals surface area (Å²) in [6.07, 6.45) is 4.98. The molecule has 0 N–H and O–H groups in total. The Morgan fingerprint density at radius 3 is 2.23 bits per heavy atom. The molecular formula is C26H27FNP3. The van der Waals surface area contributed by atoms with Crippen molar-refractivity contribution in [2.45, 2.75) is 48.7 Å². The average molecular weight is 465 g/mol. The highest BCUT2D eigenvalue weighted by Gasteiger charge is 2.53. The summed E-state index contributed by atoms with van der Waals surface area (Å²) in [4.78, 5) is 0. The van der Waals surface area contributed by atoms with E-state index < -0.39 is 16.1 Å². The highest BCUT2D eigenvalue weighted by Crippen LogP contribution is 2.76. The Kier molecular flexibility index (Phi) is 5.49. The van der Waals surface area contributed by atoms with Crippen molar-refractivity contribution in [3.8, 4) is 0 Å². The first-order valence-corrected chi connectivity index (χ1v) is 14.6. The molecule has 3 aromatic rings. The Hall–Kier alpha value is -1.16. The van der Waals surface area contributed by atoms with Crippen LogP contribution in [0.1, 0.15) is 48.4 Å². The van der Waals surface area contributed by atoms with Crippen LogP contribution in [-0.4, -0.2) is 15.9 Å². The zero-order chi connectivity index (χ0) is 20.9. The molecule has 1 saturated heterocycles. The van der Waals surface area contributed by atoms with E-state index in [4.69, 9.17) is 0 Å². The van der Waals surface area contributed by atoms with Gasteiger partial charge in [0.1, 0.15) is 5.82 Å². The molecule has 0 aromatic heterocycles. The highest BCUT2D eigenvalue weighted by atomic mass is 31.2. The van der Waals surface area contributed by atoms with Gasteiger partial charge in [-0.1, -0.05) is 66.7 Å². The second kappa shape index (κ2) is 8.32. The minimum absolute atomic E-state index is 0.0445. The number of rotatable bonds is 3. The Morgan fingerprint density at radius 1 is 0.774 bits per heavy atom. The maximum atomic E-state index is 15.3. The van der Waals surface area contributed by atoms with Gasteiger partial charge in [0.25, 0.3) is 0 Å². The van der Waals surface area contributed by atoms with E-state index in [-0.39, 0.29) is 5.82 Å². The molecule has 0 amide bonds. The van der Waals surface area contributed by atoms with Crippen LogP contribution in [0, 0.1) is 5.82 Å². The lowest BCUT2D eigenvalue weighted by Crippen LogP contribution is -2.50. The third-order valence-corrected chi connectivity index (χ3v) is 14.9. The van der Waals surface area contributed by atoms with Gasteiger partial charge in [0.2, 0.25) is 0 Å². The molecule has 1 nitrogen and oxygen atoms in total. The van der Waals surface area contributed by atoms with Crippen molar-refractivity contribution in [2.75, 3.05) is 0 Å². The molecule has 0 spiro atoms. The molecule has 31 heavy (non-hydrogen) atoms. The molecule has 3 aromatic carbocycles. The van der Waals surface area contributed by atoms with Gasteiger partial charge in [-0.3, -0.25) is 0 Å². The molecule has 2 heterocycles. The van der Waals surface area contributed by atoms with Gasteiger partial charge >= 0.3 is 0 Å². The van der Waals surface area contributed by atoms with Gasteiger partial charge in [0.15, 0.2) is 0 Å². The third kappa shape index (κ3) is 3.34. The van der Waals surface area contributed by atoms with E-state index in [1.54, 1.807) is 6.07 Å². The second-order valence-electron chi connectivity index (χ2n) is 8.84. The van der Waals surface area contributed by atoms with Crippen LogP contribution in [0.4, 0.5) is 4.39 Å².